The minimum Gasteiger partial charge on any atom is -0.487 e. The van der Waals surface area contributed by atoms with Gasteiger partial charge in [0.1, 0.15) is 17.4 Å². The second kappa shape index (κ2) is 5.81. The van der Waals surface area contributed by atoms with Gasteiger partial charge in [-0.3, -0.25) is 4.79 Å². The van der Waals surface area contributed by atoms with Gasteiger partial charge in [-0.15, -0.1) is 0 Å². The van der Waals surface area contributed by atoms with E-state index < -0.39 is 0 Å². The summed E-state index contributed by atoms with van der Waals surface area (Å²) in [6, 6.07) is 7.30. The van der Waals surface area contributed by atoms with Crippen molar-refractivity contribution in [1.82, 2.24) is 5.32 Å². The van der Waals surface area contributed by atoms with Crippen LogP contribution in [0.25, 0.3) is 0 Å². The van der Waals surface area contributed by atoms with E-state index in [4.69, 9.17) is 21.6 Å². The second-order valence-electron chi connectivity index (χ2n) is 6.43. The minimum absolute atomic E-state index is 0.0343. The van der Waals surface area contributed by atoms with Crippen molar-refractivity contribution in [2.24, 2.45) is 0 Å². The summed E-state index contributed by atoms with van der Waals surface area (Å²) in [4.78, 5) is 10.9. The Hall–Kier alpha value is -1.73. The molecule has 0 atom stereocenters. The van der Waals surface area contributed by atoms with E-state index in [0.29, 0.717) is 10.6 Å². The molecule has 3 saturated carbocycles. The molecule has 0 spiro atoms. The number of ether oxygens (including phenoxy) is 1. The van der Waals surface area contributed by atoms with Gasteiger partial charge in [-0.25, -0.2) is 0 Å². The Labute approximate surface area is 135 Å². The van der Waals surface area contributed by atoms with Gasteiger partial charge in [0, 0.05) is 11.6 Å². The highest BCUT2D eigenvalue weighted by atomic mass is 35.5. The van der Waals surface area contributed by atoms with Crippen molar-refractivity contribution >= 4 is 18.0 Å². The van der Waals surface area contributed by atoms with Crippen LogP contribution in [0.5, 0.6) is 5.75 Å². The molecule has 22 heavy (non-hydrogen) atoms. The lowest BCUT2D eigenvalue weighted by Crippen LogP contribution is -2.50. The largest absolute Gasteiger partial charge is 0.487 e. The molecule has 3 aliphatic rings. The Bertz CT molecular complexity index is 616. The molecule has 3 fully saturated rings. The molecule has 0 aliphatic heterocycles. The summed E-state index contributed by atoms with van der Waals surface area (Å²) in [5, 5.41) is 12.4. The highest BCUT2D eigenvalue weighted by molar-refractivity contribution is 6.31. The minimum atomic E-state index is -0.165. The molecule has 0 saturated heterocycles. The molecule has 3 aliphatic carbocycles. The standard InChI is InChI=1S/C17H19ClN2O2/c18-15-10-14(3-2-13(15)11-19)22-17-5-1-4-16(6-8-17,7-9-17)20-12-21/h2-3,10,12H,1,4-9H2,(H,20,21). The quantitative estimate of drug-likeness (QED) is 0.863. The molecular formula is C17H19ClN2O2. The summed E-state index contributed by atoms with van der Waals surface area (Å²) < 4.78 is 6.30. The molecular weight excluding hydrogens is 300 g/mol. The van der Waals surface area contributed by atoms with E-state index >= 15 is 0 Å². The predicted octanol–water partition coefficient (Wildman–Crippen LogP) is 3.57. The van der Waals surface area contributed by atoms with E-state index in [1.807, 2.05) is 6.07 Å². The van der Waals surface area contributed by atoms with Crippen molar-refractivity contribution in [2.45, 2.75) is 56.1 Å². The third-order valence-electron chi connectivity index (χ3n) is 5.17. The Morgan fingerprint density at radius 3 is 2.64 bits per heavy atom. The SMILES string of the molecule is N#Cc1ccc(OC23CCCC(NC=O)(CC2)CC3)cc1Cl. The topological polar surface area (TPSA) is 62.1 Å². The van der Waals surface area contributed by atoms with E-state index in [0.717, 1.165) is 57.1 Å². The van der Waals surface area contributed by atoms with E-state index in [-0.39, 0.29) is 11.1 Å². The van der Waals surface area contributed by atoms with Crippen LogP contribution in [-0.2, 0) is 4.79 Å². The molecule has 0 aromatic heterocycles. The number of halogens is 1. The first-order valence-electron chi connectivity index (χ1n) is 7.70. The average Bonchev–Trinajstić information content (AvgIpc) is 2.78. The van der Waals surface area contributed by atoms with E-state index in [2.05, 4.69) is 11.4 Å². The van der Waals surface area contributed by atoms with Gasteiger partial charge in [-0.05, 0) is 57.1 Å². The van der Waals surface area contributed by atoms with E-state index in [1.54, 1.807) is 12.1 Å². The van der Waals surface area contributed by atoms with Gasteiger partial charge in [-0.1, -0.05) is 11.6 Å². The molecule has 4 rings (SSSR count). The van der Waals surface area contributed by atoms with Gasteiger partial charge in [0.05, 0.1) is 10.6 Å². The summed E-state index contributed by atoms with van der Waals surface area (Å²) in [5.41, 5.74) is 0.264. The maximum atomic E-state index is 10.9. The van der Waals surface area contributed by atoms with Crippen LogP contribution in [0.3, 0.4) is 0 Å². The fourth-order valence-corrected chi connectivity index (χ4v) is 4.04. The maximum Gasteiger partial charge on any atom is 0.207 e. The van der Waals surface area contributed by atoms with Crippen molar-refractivity contribution in [3.63, 3.8) is 0 Å². The van der Waals surface area contributed by atoms with E-state index in [1.165, 1.54) is 0 Å². The Morgan fingerprint density at radius 2 is 2.00 bits per heavy atom. The Balaban J connectivity index is 1.77. The monoisotopic (exact) mass is 318 g/mol. The molecule has 2 bridgehead atoms. The van der Waals surface area contributed by atoms with Crippen LogP contribution >= 0.6 is 11.6 Å². The van der Waals surface area contributed by atoms with Crippen molar-refractivity contribution in [3.05, 3.63) is 28.8 Å². The van der Waals surface area contributed by atoms with E-state index in [9.17, 15) is 4.79 Å². The number of amides is 1. The molecule has 1 aromatic rings. The van der Waals surface area contributed by atoms with Gasteiger partial charge in [0.25, 0.3) is 0 Å². The first-order chi connectivity index (χ1) is 10.6. The summed E-state index contributed by atoms with van der Waals surface area (Å²) in [5.74, 6) is 0.724. The number of hydrogen-bond acceptors (Lipinski definition) is 3. The number of rotatable bonds is 4. The third-order valence-corrected chi connectivity index (χ3v) is 5.48. The maximum absolute atomic E-state index is 10.9. The summed E-state index contributed by atoms with van der Waals surface area (Å²) in [6.07, 6.45) is 7.67. The van der Waals surface area contributed by atoms with Crippen LogP contribution in [0, 0.1) is 11.3 Å². The fourth-order valence-electron chi connectivity index (χ4n) is 3.83. The number of carbonyl (C=O) groups is 1. The van der Waals surface area contributed by atoms with Crippen LogP contribution < -0.4 is 10.1 Å². The molecule has 5 heteroatoms. The number of hydrogen-bond donors (Lipinski definition) is 1. The zero-order valence-corrected chi connectivity index (χ0v) is 13.2. The molecule has 1 aromatic carbocycles. The van der Waals surface area contributed by atoms with Crippen molar-refractivity contribution in [1.29, 1.82) is 5.26 Å². The summed E-state index contributed by atoms with van der Waals surface area (Å²) in [7, 11) is 0. The zero-order valence-electron chi connectivity index (χ0n) is 12.4. The molecule has 0 unspecified atom stereocenters. The zero-order chi connectivity index (χ0) is 15.6. The van der Waals surface area contributed by atoms with Gasteiger partial charge in [0.2, 0.25) is 6.41 Å². The van der Waals surface area contributed by atoms with Crippen molar-refractivity contribution < 1.29 is 9.53 Å². The molecule has 116 valence electrons. The molecule has 0 heterocycles. The normalized spacial score (nSPS) is 30.2. The van der Waals surface area contributed by atoms with Crippen LogP contribution in [0.1, 0.15) is 50.5 Å². The molecule has 1 N–H and O–H groups in total. The number of fused-ring (bicyclic) bond motifs is 4. The smallest absolute Gasteiger partial charge is 0.207 e. The first-order valence-corrected chi connectivity index (χ1v) is 8.08. The predicted molar refractivity (Wildman–Crippen MR) is 83.8 cm³/mol. The number of nitrogens with zero attached hydrogens (tertiary/aromatic N) is 1. The number of nitriles is 1. The molecule has 1 amide bonds. The molecule has 0 radical (unpaired) electrons. The van der Waals surface area contributed by atoms with Crippen LogP contribution in [0.2, 0.25) is 5.02 Å². The van der Waals surface area contributed by atoms with Gasteiger partial charge in [-0.2, -0.15) is 5.26 Å². The Kier molecular flexibility index (Phi) is 4.01. The van der Waals surface area contributed by atoms with Crippen LogP contribution in [0.4, 0.5) is 0 Å². The summed E-state index contributed by atoms with van der Waals surface area (Å²) >= 11 is 6.09. The molecule has 4 nitrogen and oxygen atoms in total. The van der Waals surface area contributed by atoms with Crippen LogP contribution in [0.15, 0.2) is 18.2 Å². The lowest BCUT2D eigenvalue weighted by molar-refractivity contribution is -0.112. The number of nitrogens with one attached hydrogen (secondary N) is 1. The lowest BCUT2D eigenvalue weighted by atomic mass is 9.75. The third kappa shape index (κ3) is 2.78. The lowest BCUT2D eigenvalue weighted by Gasteiger charge is -2.42. The van der Waals surface area contributed by atoms with Crippen molar-refractivity contribution in [3.8, 4) is 11.8 Å². The number of carbonyl (C=O) groups excluding carboxylic acids is 1. The van der Waals surface area contributed by atoms with Crippen molar-refractivity contribution in [2.75, 3.05) is 0 Å². The highest BCUT2D eigenvalue weighted by Crippen LogP contribution is 2.46. The van der Waals surface area contributed by atoms with Gasteiger partial charge >= 0.3 is 0 Å². The van der Waals surface area contributed by atoms with Crippen LogP contribution in [-0.4, -0.2) is 17.6 Å². The second-order valence-corrected chi connectivity index (χ2v) is 6.84. The van der Waals surface area contributed by atoms with Gasteiger partial charge < -0.3 is 10.1 Å². The Morgan fingerprint density at radius 1 is 1.23 bits per heavy atom. The van der Waals surface area contributed by atoms with Gasteiger partial charge in [0.15, 0.2) is 0 Å². The number of benzene rings is 1. The highest BCUT2D eigenvalue weighted by Gasteiger charge is 2.47. The summed E-state index contributed by atoms with van der Waals surface area (Å²) in [6.45, 7) is 0. The first kappa shape index (κ1) is 15.2. The average molecular weight is 319 g/mol. The fraction of sp³-hybridized carbons (Fsp3) is 0.529.